The van der Waals surface area contributed by atoms with E-state index in [0.717, 1.165) is 16.7 Å². The number of thiazole rings is 1. The molecule has 112 valence electrons. The number of benzene rings is 2. The molecular formula is C19H14N2OS. The quantitative estimate of drug-likeness (QED) is 0.745. The number of nitrogens with one attached hydrogen (secondary N) is 1. The van der Waals surface area contributed by atoms with Crippen LogP contribution >= 0.6 is 11.3 Å². The smallest absolute Gasteiger partial charge is 0.271 e. The SMILES string of the molecule is C#Cc1nc(C(=O)NCc2ccccc2-c2ccccc2)cs1. The molecule has 0 saturated carbocycles. The average molecular weight is 318 g/mol. The van der Waals surface area contributed by atoms with E-state index in [2.05, 4.69) is 34.4 Å². The summed E-state index contributed by atoms with van der Waals surface area (Å²) in [5.74, 6) is 2.22. The Hall–Kier alpha value is -2.90. The zero-order chi connectivity index (χ0) is 16.1. The molecule has 3 rings (SSSR count). The van der Waals surface area contributed by atoms with Gasteiger partial charge in [-0.25, -0.2) is 4.98 Å². The molecule has 0 atom stereocenters. The van der Waals surface area contributed by atoms with Gasteiger partial charge < -0.3 is 5.32 Å². The summed E-state index contributed by atoms with van der Waals surface area (Å²) in [4.78, 5) is 16.3. The molecule has 0 aliphatic carbocycles. The van der Waals surface area contributed by atoms with E-state index in [4.69, 9.17) is 6.42 Å². The van der Waals surface area contributed by atoms with Gasteiger partial charge in [0.05, 0.1) is 0 Å². The number of carbonyl (C=O) groups is 1. The lowest BCUT2D eigenvalue weighted by Crippen LogP contribution is -2.23. The second-order valence-corrected chi connectivity index (χ2v) is 5.75. The van der Waals surface area contributed by atoms with Crippen LogP contribution in [0.4, 0.5) is 0 Å². The number of nitrogens with zero attached hydrogens (tertiary/aromatic N) is 1. The molecule has 1 N–H and O–H groups in total. The molecule has 0 spiro atoms. The van der Waals surface area contributed by atoms with Crippen LogP contribution in [-0.4, -0.2) is 10.9 Å². The van der Waals surface area contributed by atoms with E-state index < -0.39 is 0 Å². The van der Waals surface area contributed by atoms with Crippen LogP contribution in [0.25, 0.3) is 11.1 Å². The van der Waals surface area contributed by atoms with Crippen molar-refractivity contribution in [2.24, 2.45) is 0 Å². The number of amides is 1. The second kappa shape index (κ2) is 6.91. The maximum Gasteiger partial charge on any atom is 0.271 e. The summed E-state index contributed by atoms with van der Waals surface area (Å²) < 4.78 is 0. The highest BCUT2D eigenvalue weighted by Crippen LogP contribution is 2.23. The van der Waals surface area contributed by atoms with Gasteiger partial charge in [-0.3, -0.25) is 4.79 Å². The van der Waals surface area contributed by atoms with Crippen LogP contribution in [0, 0.1) is 12.3 Å². The molecule has 0 bridgehead atoms. The molecule has 3 nitrogen and oxygen atoms in total. The molecule has 0 unspecified atom stereocenters. The predicted octanol–water partition coefficient (Wildman–Crippen LogP) is 3.72. The molecule has 1 aromatic heterocycles. The monoisotopic (exact) mass is 318 g/mol. The highest BCUT2D eigenvalue weighted by molar-refractivity contribution is 7.10. The van der Waals surface area contributed by atoms with Crippen molar-refractivity contribution in [3.8, 4) is 23.5 Å². The van der Waals surface area contributed by atoms with Gasteiger partial charge in [-0.2, -0.15) is 0 Å². The van der Waals surface area contributed by atoms with E-state index >= 15 is 0 Å². The van der Waals surface area contributed by atoms with Crippen molar-refractivity contribution in [3.63, 3.8) is 0 Å². The summed E-state index contributed by atoms with van der Waals surface area (Å²) in [5, 5.41) is 5.09. The summed E-state index contributed by atoms with van der Waals surface area (Å²) in [6, 6.07) is 18.1. The van der Waals surface area contributed by atoms with E-state index in [9.17, 15) is 4.79 Å². The van der Waals surface area contributed by atoms with Crippen molar-refractivity contribution in [2.75, 3.05) is 0 Å². The highest BCUT2D eigenvalue weighted by atomic mass is 32.1. The molecule has 0 radical (unpaired) electrons. The van der Waals surface area contributed by atoms with Gasteiger partial charge in [-0.1, -0.05) is 54.6 Å². The first-order chi connectivity index (χ1) is 11.3. The molecular weight excluding hydrogens is 304 g/mol. The standard InChI is InChI=1S/C19H14N2OS/c1-2-18-21-17(13-23-18)19(22)20-12-15-10-6-7-11-16(15)14-8-4-3-5-9-14/h1,3-11,13H,12H2,(H,20,22). The summed E-state index contributed by atoms with van der Waals surface area (Å²) >= 11 is 1.29. The normalized spacial score (nSPS) is 10.0. The molecule has 2 aromatic carbocycles. The Morgan fingerprint density at radius 1 is 1.13 bits per heavy atom. The first kappa shape index (κ1) is 15.0. The van der Waals surface area contributed by atoms with Gasteiger partial charge in [0.25, 0.3) is 5.91 Å². The second-order valence-electron chi connectivity index (χ2n) is 4.89. The summed E-state index contributed by atoms with van der Waals surface area (Å²) in [7, 11) is 0. The van der Waals surface area contributed by atoms with E-state index in [0.29, 0.717) is 17.2 Å². The Morgan fingerprint density at radius 2 is 1.87 bits per heavy atom. The number of rotatable bonds is 4. The summed E-state index contributed by atoms with van der Waals surface area (Å²) in [5.41, 5.74) is 3.65. The number of carbonyl (C=O) groups excluding carboxylic acids is 1. The molecule has 1 amide bonds. The first-order valence-corrected chi connectivity index (χ1v) is 7.99. The zero-order valence-corrected chi connectivity index (χ0v) is 13.1. The molecule has 4 heteroatoms. The van der Waals surface area contributed by atoms with Crippen molar-refractivity contribution >= 4 is 17.2 Å². The van der Waals surface area contributed by atoms with Gasteiger partial charge in [0.15, 0.2) is 5.01 Å². The van der Waals surface area contributed by atoms with Crippen molar-refractivity contribution in [1.29, 1.82) is 0 Å². The van der Waals surface area contributed by atoms with Crippen molar-refractivity contribution < 1.29 is 4.79 Å². The minimum Gasteiger partial charge on any atom is -0.347 e. The lowest BCUT2D eigenvalue weighted by molar-refractivity contribution is 0.0946. The maximum atomic E-state index is 12.2. The minimum atomic E-state index is -0.217. The first-order valence-electron chi connectivity index (χ1n) is 7.11. The van der Waals surface area contributed by atoms with Crippen LogP contribution in [0.2, 0.25) is 0 Å². The van der Waals surface area contributed by atoms with Crippen LogP contribution in [0.1, 0.15) is 21.1 Å². The maximum absolute atomic E-state index is 12.2. The Morgan fingerprint density at radius 3 is 2.61 bits per heavy atom. The van der Waals surface area contributed by atoms with Crippen molar-refractivity contribution in [3.05, 3.63) is 76.2 Å². The number of hydrogen-bond acceptors (Lipinski definition) is 3. The van der Waals surface area contributed by atoms with Crippen molar-refractivity contribution in [1.82, 2.24) is 10.3 Å². The topological polar surface area (TPSA) is 42.0 Å². The Kier molecular flexibility index (Phi) is 4.51. The number of hydrogen-bond donors (Lipinski definition) is 1. The largest absolute Gasteiger partial charge is 0.347 e. The average Bonchev–Trinajstić information content (AvgIpc) is 3.10. The number of terminal acetylenes is 1. The molecule has 0 aliphatic rings. The van der Waals surface area contributed by atoms with Crippen LogP contribution in [0.5, 0.6) is 0 Å². The third-order valence-corrected chi connectivity index (χ3v) is 4.18. The molecule has 0 aliphatic heterocycles. The van der Waals surface area contributed by atoms with Crippen LogP contribution < -0.4 is 5.32 Å². The summed E-state index contributed by atoms with van der Waals surface area (Å²) in [6.07, 6.45) is 5.28. The van der Waals surface area contributed by atoms with Gasteiger partial charge in [0.1, 0.15) is 5.69 Å². The lowest BCUT2D eigenvalue weighted by atomic mass is 10.00. The highest BCUT2D eigenvalue weighted by Gasteiger charge is 2.11. The molecule has 0 fully saturated rings. The van der Waals surface area contributed by atoms with Crippen LogP contribution in [-0.2, 0) is 6.54 Å². The van der Waals surface area contributed by atoms with Gasteiger partial charge in [-0.05, 0) is 22.6 Å². The van der Waals surface area contributed by atoms with Crippen molar-refractivity contribution in [2.45, 2.75) is 6.54 Å². The number of aromatic nitrogens is 1. The van der Waals surface area contributed by atoms with Gasteiger partial charge in [0.2, 0.25) is 0 Å². The molecule has 1 heterocycles. The van der Waals surface area contributed by atoms with E-state index in [1.807, 2.05) is 36.4 Å². The molecule has 0 saturated heterocycles. The third kappa shape index (κ3) is 3.47. The van der Waals surface area contributed by atoms with Gasteiger partial charge >= 0.3 is 0 Å². The molecule has 23 heavy (non-hydrogen) atoms. The lowest BCUT2D eigenvalue weighted by Gasteiger charge is -2.10. The Balaban J connectivity index is 1.76. The molecule has 3 aromatic rings. The fourth-order valence-corrected chi connectivity index (χ4v) is 2.89. The van der Waals surface area contributed by atoms with Crippen LogP contribution in [0.3, 0.4) is 0 Å². The van der Waals surface area contributed by atoms with E-state index in [1.165, 1.54) is 11.3 Å². The Bertz CT molecular complexity index is 862. The zero-order valence-electron chi connectivity index (χ0n) is 12.3. The van der Waals surface area contributed by atoms with Crippen LogP contribution in [0.15, 0.2) is 60.0 Å². The summed E-state index contributed by atoms with van der Waals surface area (Å²) in [6.45, 7) is 0.437. The van der Waals surface area contributed by atoms with Gasteiger partial charge in [-0.15, -0.1) is 17.8 Å². The third-order valence-electron chi connectivity index (χ3n) is 3.40. The fraction of sp³-hybridized carbons (Fsp3) is 0.0526. The Labute approximate surface area is 139 Å². The predicted molar refractivity (Wildman–Crippen MR) is 93.1 cm³/mol. The fourth-order valence-electron chi connectivity index (χ4n) is 2.28. The van der Waals surface area contributed by atoms with E-state index in [1.54, 1.807) is 5.38 Å². The van der Waals surface area contributed by atoms with E-state index in [-0.39, 0.29) is 5.91 Å². The van der Waals surface area contributed by atoms with Gasteiger partial charge in [0, 0.05) is 11.9 Å². The minimum absolute atomic E-state index is 0.217.